The van der Waals surface area contributed by atoms with Gasteiger partial charge in [0.1, 0.15) is 0 Å². The van der Waals surface area contributed by atoms with Gasteiger partial charge in [-0.3, -0.25) is 4.79 Å². The average Bonchev–Trinajstić information content (AvgIpc) is 2.18. The smallest absolute Gasteiger partial charge is 0.250 e. The molecule has 0 aliphatic carbocycles. The highest BCUT2D eigenvalue weighted by Gasteiger charge is 2.14. The maximum atomic E-state index is 11.4. The molecule has 0 unspecified atom stereocenters. The molecule has 3 nitrogen and oxygen atoms in total. The van der Waals surface area contributed by atoms with E-state index in [2.05, 4.69) is 10.6 Å². The van der Waals surface area contributed by atoms with Crippen LogP contribution in [0, 0.1) is 0 Å². The van der Waals surface area contributed by atoms with E-state index >= 15 is 0 Å². The normalized spacial score (nSPS) is 17.0. The quantitative estimate of drug-likeness (QED) is 0.625. The fourth-order valence-electron chi connectivity index (χ4n) is 1.58. The summed E-state index contributed by atoms with van der Waals surface area (Å²) in [6.45, 7) is 2.64. The highest BCUT2D eigenvalue weighted by molar-refractivity contribution is 7.96. The van der Waals surface area contributed by atoms with Crippen molar-refractivity contribution in [3.8, 4) is 0 Å². The number of pyridine rings is 1. The molecule has 1 aromatic heterocycles. The van der Waals surface area contributed by atoms with E-state index in [1.165, 1.54) is 0 Å². The van der Waals surface area contributed by atoms with Crippen molar-refractivity contribution in [2.75, 3.05) is 12.8 Å². The molecular weight excluding hydrogens is 184 g/mol. The Balaban J connectivity index is 2.36. The molecule has 0 N–H and O–H groups in total. The first kappa shape index (κ1) is 8.84. The zero-order valence-corrected chi connectivity index (χ0v) is 8.38. The van der Waals surface area contributed by atoms with Crippen LogP contribution in [-0.2, 0) is 13.1 Å². The highest BCUT2D eigenvalue weighted by Crippen LogP contribution is 2.15. The van der Waals surface area contributed by atoms with Gasteiger partial charge in [-0.15, -0.1) is 0 Å². The summed E-state index contributed by atoms with van der Waals surface area (Å²) in [5.74, 6) is 0. The summed E-state index contributed by atoms with van der Waals surface area (Å²) in [4.78, 5) is 11.4. The van der Waals surface area contributed by atoms with Crippen molar-refractivity contribution in [3.63, 3.8) is 0 Å². The summed E-state index contributed by atoms with van der Waals surface area (Å²) in [7, 11) is 0. The van der Waals surface area contributed by atoms with E-state index in [1.807, 2.05) is 16.7 Å². The maximum absolute atomic E-state index is 11.4. The molecule has 4 heteroatoms. The van der Waals surface area contributed by atoms with Crippen LogP contribution < -0.4 is 5.56 Å². The molecule has 70 valence electrons. The van der Waals surface area contributed by atoms with Crippen molar-refractivity contribution >= 4 is 11.9 Å². The molecule has 0 saturated carbocycles. The van der Waals surface area contributed by atoms with Crippen molar-refractivity contribution in [1.29, 1.82) is 0 Å². The number of aromatic nitrogens is 1. The van der Waals surface area contributed by atoms with E-state index < -0.39 is 0 Å². The van der Waals surface area contributed by atoms with Crippen LogP contribution in [0.1, 0.15) is 5.69 Å². The molecule has 0 amide bonds. The van der Waals surface area contributed by atoms with Crippen LogP contribution in [0.3, 0.4) is 0 Å². The van der Waals surface area contributed by atoms with Crippen LogP contribution in [0.5, 0.6) is 0 Å². The summed E-state index contributed by atoms with van der Waals surface area (Å²) in [6, 6.07) is 5.47. The first-order chi connectivity index (χ1) is 6.31. The molecule has 0 fully saturated rings. The number of hydrogen-bond acceptors (Lipinski definition) is 3. The Bertz CT molecular complexity index is 361. The molecule has 0 saturated heterocycles. The first-order valence-electron chi connectivity index (χ1n) is 4.29. The van der Waals surface area contributed by atoms with Gasteiger partial charge in [-0.1, -0.05) is 18.0 Å². The standard InChI is InChI=1S/C9H12N2OS/c1-13-10-5-6-11-8(7-10)3-2-4-9(11)12/h2-4H,5-7H2,1H3. The number of fused-ring (bicyclic) bond motifs is 1. The predicted molar refractivity (Wildman–Crippen MR) is 54.6 cm³/mol. The van der Waals surface area contributed by atoms with Gasteiger partial charge in [0.05, 0.1) is 0 Å². The lowest BCUT2D eigenvalue weighted by molar-refractivity contribution is 0.367. The molecule has 1 aromatic rings. The van der Waals surface area contributed by atoms with Crippen LogP contribution in [0.2, 0.25) is 0 Å². The fraction of sp³-hybridized carbons (Fsp3) is 0.444. The number of rotatable bonds is 1. The predicted octanol–water partition coefficient (Wildman–Crippen LogP) is 0.942. The molecule has 0 spiro atoms. The zero-order chi connectivity index (χ0) is 9.26. The Labute approximate surface area is 81.5 Å². The fourth-order valence-corrected chi connectivity index (χ4v) is 2.11. The van der Waals surface area contributed by atoms with Crippen LogP contribution in [0.25, 0.3) is 0 Å². The van der Waals surface area contributed by atoms with E-state index in [1.54, 1.807) is 18.0 Å². The Hall–Kier alpha value is -0.740. The molecule has 0 bridgehead atoms. The molecule has 13 heavy (non-hydrogen) atoms. The van der Waals surface area contributed by atoms with E-state index in [0.717, 1.165) is 25.3 Å². The Morgan fingerprint density at radius 2 is 2.23 bits per heavy atom. The summed E-state index contributed by atoms with van der Waals surface area (Å²) in [5, 5.41) is 0. The number of hydrogen-bond donors (Lipinski definition) is 0. The van der Waals surface area contributed by atoms with Crippen molar-refractivity contribution in [1.82, 2.24) is 8.87 Å². The third kappa shape index (κ3) is 1.64. The lowest BCUT2D eigenvalue weighted by Crippen LogP contribution is -2.35. The van der Waals surface area contributed by atoms with Gasteiger partial charge < -0.3 is 4.57 Å². The topological polar surface area (TPSA) is 25.2 Å². The minimum absolute atomic E-state index is 0.123. The number of nitrogens with zero attached hydrogens (tertiary/aromatic N) is 2. The van der Waals surface area contributed by atoms with Gasteiger partial charge in [0.25, 0.3) is 5.56 Å². The van der Waals surface area contributed by atoms with Crippen molar-refractivity contribution in [2.24, 2.45) is 0 Å². The van der Waals surface area contributed by atoms with E-state index in [9.17, 15) is 4.79 Å². The van der Waals surface area contributed by atoms with Crippen LogP contribution in [0.15, 0.2) is 23.0 Å². The second kappa shape index (κ2) is 3.55. The molecule has 2 heterocycles. The van der Waals surface area contributed by atoms with Crippen LogP contribution >= 0.6 is 11.9 Å². The van der Waals surface area contributed by atoms with Gasteiger partial charge in [0, 0.05) is 31.4 Å². The monoisotopic (exact) mass is 196 g/mol. The van der Waals surface area contributed by atoms with Crippen molar-refractivity contribution in [3.05, 3.63) is 34.2 Å². The summed E-state index contributed by atoms with van der Waals surface area (Å²) in [5.41, 5.74) is 1.24. The molecule has 0 radical (unpaired) electrons. The minimum atomic E-state index is 0.123. The zero-order valence-electron chi connectivity index (χ0n) is 7.56. The molecule has 0 aromatic carbocycles. The Morgan fingerprint density at radius 1 is 1.38 bits per heavy atom. The van der Waals surface area contributed by atoms with Gasteiger partial charge in [0.15, 0.2) is 0 Å². The summed E-state index contributed by atoms with van der Waals surface area (Å²) in [6.07, 6.45) is 2.07. The third-order valence-corrected chi connectivity index (χ3v) is 3.14. The lowest BCUT2D eigenvalue weighted by atomic mass is 10.3. The molecular formula is C9H12N2OS. The summed E-state index contributed by atoms with van der Waals surface area (Å²) >= 11 is 1.73. The van der Waals surface area contributed by atoms with Gasteiger partial charge >= 0.3 is 0 Å². The highest BCUT2D eigenvalue weighted by atomic mass is 32.2. The van der Waals surface area contributed by atoms with Gasteiger partial charge in [0.2, 0.25) is 0 Å². The molecule has 0 atom stereocenters. The molecule has 2 rings (SSSR count). The lowest BCUT2D eigenvalue weighted by Gasteiger charge is -2.27. The second-order valence-corrected chi connectivity index (χ2v) is 3.93. The van der Waals surface area contributed by atoms with E-state index in [-0.39, 0.29) is 5.56 Å². The molecule has 1 aliphatic rings. The first-order valence-corrected chi connectivity index (χ1v) is 5.47. The Morgan fingerprint density at radius 3 is 3.00 bits per heavy atom. The second-order valence-electron chi connectivity index (χ2n) is 3.05. The minimum Gasteiger partial charge on any atom is -0.310 e. The van der Waals surface area contributed by atoms with E-state index in [4.69, 9.17) is 0 Å². The van der Waals surface area contributed by atoms with Crippen LogP contribution in [-0.4, -0.2) is 21.7 Å². The van der Waals surface area contributed by atoms with Gasteiger partial charge in [-0.2, -0.15) is 0 Å². The third-order valence-electron chi connectivity index (χ3n) is 2.31. The van der Waals surface area contributed by atoms with E-state index in [0.29, 0.717) is 0 Å². The Kier molecular flexibility index (Phi) is 2.42. The maximum Gasteiger partial charge on any atom is 0.250 e. The largest absolute Gasteiger partial charge is 0.310 e. The van der Waals surface area contributed by atoms with Gasteiger partial charge in [-0.05, 0) is 12.3 Å². The van der Waals surface area contributed by atoms with Crippen LogP contribution in [0.4, 0.5) is 0 Å². The molecule has 1 aliphatic heterocycles. The van der Waals surface area contributed by atoms with Crippen molar-refractivity contribution < 1.29 is 0 Å². The van der Waals surface area contributed by atoms with Crippen molar-refractivity contribution in [2.45, 2.75) is 13.1 Å². The van der Waals surface area contributed by atoms with Gasteiger partial charge in [-0.25, -0.2) is 4.31 Å². The summed E-state index contributed by atoms with van der Waals surface area (Å²) < 4.78 is 4.11. The SMILES string of the molecule is CSN1CCn2c(cccc2=O)C1. The average molecular weight is 196 g/mol.